The molecule has 2 amide bonds. The van der Waals surface area contributed by atoms with Crippen molar-refractivity contribution in [2.24, 2.45) is 5.73 Å². The average molecular weight is 297 g/mol. The molecule has 0 aromatic heterocycles. The molecule has 1 aliphatic rings. The van der Waals surface area contributed by atoms with Crippen LogP contribution in [0.15, 0.2) is 24.3 Å². The molecule has 1 heterocycles. The molecule has 1 aromatic carbocycles. The molecule has 1 aromatic rings. The number of piperidine rings is 1. The number of likely N-dealkylation sites (tertiary alicyclic amines) is 1. The standard InChI is InChI=1S/C14H18ClN3O2/c15-10-4-3-5-11(8-10)17-13(19)9-18-7-2-1-6-12(18)14(16)20/h3-5,8,12H,1-2,6-7,9H2,(H2,16,20)(H,17,19)/p+1/t12-/m1/s1. The van der Waals surface area contributed by atoms with Crippen molar-refractivity contribution in [3.05, 3.63) is 29.3 Å². The van der Waals surface area contributed by atoms with Crippen LogP contribution >= 0.6 is 11.6 Å². The van der Waals surface area contributed by atoms with Gasteiger partial charge < -0.3 is 16.0 Å². The predicted molar refractivity (Wildman–Crippen MR) is 77.6 cm³/mol. The SMILES string of the molecule is NC(=O)[C@H]1CCCC[NH+]1CC(=O)Nc1cccc(Cl)c1. The van der Waals surface area contributed by atoms with Crippen LogP contribution in [0.3, 0.4) is 0 Å². The van der Waals surface area contributed by atoms with Crippen molar-refractivity contribution in [2.75, 3.05) is 18.4 Å². The molecule has 4 N–H and O–H groups in total. The van der Waals surface area contributed by atoms with E-state index in [-0.39, 0.29) is 24.4 Å². The molecule has 0 bridgehead atoms. The van der Waals surface area contributed by atoms with E-state index in [1.54, 1.807) is 24.3 Å². The molecule has 1 fully saturated rings. The van der Waals surface area contributed by atoms with Crippen molar-refractivity contribution in [1.29, 1.82) is 0 Å². The molecule has 0 aliphatic carbocycles. The molecule has 2 rings (SSSR count). The molecular weight excluding hydrogens is 278 g/mol. The average Bonchev–Trinajstić information content (AvgIpc) is 2.38. The van der Waals surface area contributed by atoms with Gasteiger partial charge in [-0.2, -0.15) is 0 Å². The van der Waals surface area contributed by atoms with Gasteiger partial charge in [0.1, 0.15) is 0 Å². The fourth-order valence-electron chi connectivity index (χ4n) is 2.61. The Kier molecular flexibility index (Phi) is 4.98. The summed E-state index contributed by atoms with van der Waals surface area (Å²) in [5.41, 5.74) is 6.06. The first kappa shape index (κ1) is 14.8. The predicted octanol–water partition coefficient (Wildman–Crippen LogP) is 0.201. The lowest BCUT2D eigenvalue weighted by molar-refractivity contribution is -0.913. The largest absolute Gasteiger partial charge is 0.365 e. The van der Waals surface area contributed by atoms with Gasteiger partial charge in [-0.3, -0.25) is 9.59 Å². The number of primary amides is 1. The van der Waals surface area contributed by atoms with Gasteiger partial charge in [0, 0.05) is 17.1 Å². The van der Waals surface area contributed by atoms with E-state index in [1.807, 2.05) is 0 Å². The summed E-state index contributed by atoms with van der Waals surface area (Å²) in [5.74, 6) is -0.453. The van der Waals surface area contributed by atoms with Crippen molar-refractivity contribution in [3.63, 3.8) is 0 Å². The molecule has 20 heavy (non-hydrogen) atoms. The molecule has 5 nitrogen and oxygen atoms in total. The van der Waals surface area contributed by atoms with Crippen molar-refractivity contribution in [1.82, 2.24) is 0 Å². The number of nitrogens with one attached hydrogen (secondary N) is 2. The van der Waals surface area contributed by atoms with Gasteiger partial charge in [-0.25, -0.2) is 0 Å². The van der Waals surface area contributed by atoms with E-state index < -0.39 is 0 Å². The Balaban J connectivity index is 1.94. The lowest BCUT2D eigenvalue weighted by Crippen LogP contribution is -3.18. The van der Waals surface area contributed by atoms with Crippen LogP contribution in [0.25, 0.3) is 0 Å². The second kappa shape index (κ2) is 6.72. The van der Waals surface area contributed by atoms with Crippen LogP contribution in [-0.2, 0) is 9.59 Å². The fourth-order valence-corrected chi connectivity index (χ4v) is 2.80. The Bertz CT molecular complexity index is 507. The number of anilines is 1. The summed E-state index contributed by atoms with van der Waals surface area (Å²) in [5, 5.41) is 3.37. The van der Waals surface area contributed by atoms with Gasteiger partial charge in [0.2, 0.25) is 0 Å². The fraction of sp³-hybridized carbons (Fsp3) is 0.429. The molecule has 1 aliphatic heterocycles. The van der Waals surface area contributed by atoms with Gasteiger partial charge in [-0.05, 0) is 31.0 Å². The normalized spacial score (nSPS) is 22.2. The first-order valence-electron chi connectivity index (χ1n) is 6.75. The first-order chi connectivity index (χ1) is 9.56. The molecule has 0 saturated carbocycles. The maximum absolute atomic E-state index is 12.0. The van der Waals surface area contributed by atoms with Crippen molar-refractivity contribution in [3.8, 4) is 0 Å². The summed E-state index contributed by atoms with van der Waals surface area (Å²) >= 11 is 5.87. The zero-order chi connectivity index (χ0) is 14.5. The number of benzene rings is 1. The Morgan fingerprint density at radius 3 is 2.90 bits per heavy atom. The lowest BCUT2D eigenvalue weighted by atomic mass is 10.0. The number of rotatable bonds is 4. The van der Waals surface area contributed by atoms with Gasteiger partial charge in [-0.15, -0.1) is 0 Å². The number of halogens is 1. The van der Waals surface area contributed by atoms with Crippen molar-refractivity contribution < 1.29 is 14.5 Å². The molecule has 1 saturated heterocycles. The monoisotopic (exact) mass is 296 g/mol. The van der Waals surface area contributed by atoms with Crippen molar-refractivity contribution in [2.45, 2.75) is 25.3 Å². The van der Waals surface area contributed by atoms with Crippen LogP contribution in [0.1, 0.15) is 19.3 Å². The minimum Gasteiger partial charge on any atom is -0.365 e. The molecule has 1 unspecified atom stereocenters. The Hall–Kier alpha value is -1.59. The van der Waals surface area contributed by atoms with E-state index >= 15 is 0 Å². The lowest BCUT2D eigenvalue weighted by Gasteiger charge is -2.29. The van der Waals surface area contributed by atoms with Crippen molar-refractivity contribution >= 4 is 29.1 Å². The van der Waals surface area contributed by atoms with Gasteiger partial charge in [-0.1, -0.05) is 17.7 Å². The van der Waals surface area contributed by atoms with E-state index in [4.69, 9.17) is 17.3 Å². The summed E-state index contributed by atoms with van der Waals surface area (Å²) in [7, 11) is 0. The minimum absolute atomic E-state index is 0.129. The second-order valence-corrected chi connectivity index (χ2v) is 5.53. The number of hydrogen-bond acceptors (Lipinski definition) is 2. The van der Waals surface area contributed by atoms with E-state index in [1.165, 1.54) is 0 Å². The van der Waals surface area contributed by atoms with E-state index in [2.05, 4.69) is 5.32 Å². The number of carbonyl (C=O) groups excluding carboxylic acids is 2. The van der Waals surface area contributed by atoms with Gasteiger partial charge in [0.25, 0.3) is 11.8 Å². The third-order valence-electron chi connectivity index (χ3n) is 3.57. The highest BCUT2D eigenvalue weighted by molar-refractivity contribution is 6.30. The van der Waals surface area contributed by atoms with Crippen LogP contribution in [-0.4, -0.2) is 30.9 Å². The zero-order valence-electron chi connectivity index (χ0n) is 11.2. The number of hydrogen-bond donors (Lipinski definition) is 3. The second-order valence-electron chi connectivity index (χ2n) is 5.09. The van der Waals surface area contributed by atoms with Crippen LogP contribution < -0.4 is 16.0 Å². The smallest absolute Gasteiger partial charge is 0.279 e. The third kappa shape index (κ3) is 3.95. The maximum atomic E-state index is 12.0. The van der Waals surface area contributed by atoms with E-state index in [0.29, 0.717) is 10.7 Å². The highest BCUT2D eigenvalue weighted by atomic mass is 35.5. The van der Waals surface area contributed by atoms with Gasteiger partial charge in [0.05, 0.1) is 6.54 Å². The summed E-state index contributed by atoms with van der Waals surface area (Å²) in [6, 6.07) is 6.74. The quantitative estimate of drug-likeness (QED) is 0.742. The number of quaternary nitrogens is 1. The summed E-state index contributed by atoms with van der Waals surface area (Å²) in [4.78, 5) is 24.4. The molecule has 0 spiro atoms. The topological polar surface area (TPSA) is 76.6 Å². The summed E-state index contributed by atoms with van der Waals surface area (Å²) in [6.07, 6.45) is 2.77. The van der Waals surface area contributed by atoms with Crippen LogP contribution in [0.4, 0.5) is 5.69 Å². The molecule has 108 valence electrons. The molecule has 6 heteroatoms. The van der Waals surface area contributed by atoms with Gasteiger partial charge >= 0.3 is 0 Å². The third-order valence-corrected chi connectivity index (χ3v) is 3.81. The number of nitrogens with two attached hydrogens (primary N) is 1. The number of amides is 2. The first-order valence-corrected chi connectivity index (χ1v) is 7.13. The Morgan fingerprint density at radius 2 is 2.20 bits per heavy atom. The number of carbonyl (C=O) groups is 2. The highest BCUT2D eigenvalue weighted by Crippen LogP contribution is 2.14. The minimum atomic E-state index is -0.324. The molecular formula is C14H19ClN3O2+. The van der Waals surface area contributed by atoms with Crippen LogP contribution in [0, 0.1) is 0 Å². The molecule has 0 radical (unpaired) electrons. The highest BCUT2D eigenvalue weighted by Gasteiger charge is 2.32. The van der Waals surface area contributed by atoms with Gasteiger partial charge in [0.15, 0.2) is 12.6 Å². The zero-order valence-corrected chi connectivity index (χ0v) is 12.0. The Labute approximate surface area is 123 Å². The van der Waals surface area contributed by atoms with E-state index in [0.717, 1.165) is 30.7 Å². The van der Waals surface area contributed by atoms with Crippen LogP contribution in [0.5, 0.6) is 0 Å². The van der Waals surface area contributed by atoms with E-state index in [9.17, 15) is 9.59 Å². The summed E-state index contributed by atoms with van der Waals surface area (Å²) in [6.45, 7) is 1.05. The molecule has 2 atom stereocenters. The van der Waals surface area contributed by atoms with Crippen LogP contribution in [0.2, 0.25) is 5.02 Å². The summed E-state index contributed by atoms with van der Waals surface area (Å²) < 4.78 is 0. The maximum Gasteiger partial charge on any atom is 0.279 e. The Morgan fingerprint density at radius 1 is 1.40 bits per heavy atom.